The maximum absolute atomic E-state index is 5.53. The van der Waals surface area contributed by atoms with Crippen LogP contribution in [0.25, 0.3) is 0 Å². The molecule has 1 aliphatic heterocycles. The van der Waals surface area contributed by atoms with Crippen LogP contribution < -0.4 is 0 Å². The Morgan fingerprint density at radius 1 is 1.50 bits per heavy atom. The first-order valence-electron chi connectivity index (χ1n) is 3.10. The van der Waals surface area contributed by atoms with E-state index in [9.17, 15) is 0 Å². The molecule has 45 valence electrons. The fraction of sp³-hybridized carbons (Fsp3) is 1.00. The van der Waals surface area contributed by atoms with Gasteiger partial charge in [0.25, 0.3) is 0 Å². The van der Waals surface area contributed by atoms with Crippen molar-refractivity contribution in [3.63, 3.8) is 0 Å². The zero-order valence-corrected chi connectivity index (χ0v) is 8.80. The predicted octanol–water partition coefficient (Wildman–Crippen LogP) is -0.247. The van der Waals surface area contributed by atoms with E-state index < -0.39 is 0 Å². The maximum atomic E-state index is 5.53. The van der Waals surface area contributed by atoms with Crippen molar-refractivity contribution in [1.29, 1.82) is 0 Å². The van der Waals surface area contributed by atoms with Crippen molar-refractivity contribution < 1.29 is 25.2 Å². The second kappa shape index (κ2) is 2.65. The summed E-state index contributed by atoms with van der Waals surface area (Å²) >= 11 is 2.22. The molecule has 0 N–H and O–H groups in total. The number of rotatable bonds is 0. The standard InChI is InChI=1S/C5H11OSi.Ti/c7-5-3-1-2-4-6-5;/h1-4H2,7H3;. The van der Waals surface area contributed by atoms with Gasteiger partial charge in [-0.1, -0.05) is 0 Å². The summed E-state index contributed by atoms with van der Waals surface area (Å²) < 4.78 is 5.84. The van der Waals surface area contributed by atoms with Crippen molar-refractivity contribution in [2.24, 2.45) is 0 Å². The zero-order chi connectivity index (χ0) is 6.04. The molecule has 1 atom stereocenters. The molecule has 1 saturated heterocycles. The first-order valence-corrected chi connectivity index (χ1v) is 4.88. The fourth-order valence-electron chi connectivity index (χ4n) is 0.934. The Hall–Kier alpha value is 0.891. The zero-order valence-electron chi connectivity index (χ0n) is 5.24. The molecular weight excluding hydrogens is 152 g/mol. The SMILES string of the molecule is [SiH3][C]1([Ti])CCCCO1. The van der Waals surface area contributed by atoms with Crippen LogP contribution in [0, 0.1) is 0 Å². The third-order valence-corrected chi connectivity index (χ3v) is 2.87. The monoisotopic (exact) mass is 163 g/mol. The summed E-state index contributed by atoms with van der Waals surface area (Å²) in [5, 5.41) is 0. The minimum atomic E-state index is 0.318. The van der Waals surface area contributed by atoms with Gasteiger partial charge in [0.05, 0.1) is 0 Å². The van der Waals surface area contributed by atoms with Crippen molar-refractivity contribution in [2.45, 2.75) is 22.8 Å². The van der Waals surface area contributed by atoms with Crippen LogP contribution in [0.3, 0.4) is 0 Å². The van der Waals surface area contributed by atoms with E-state index >= 15 is 0 Å². The van der Waals surface area contributed by atoms with Gasteiger partial charge in [0.2, 0.25) is 0 Å². The van der Waals surface area contributed by atoms with E-state index in [-0.39, 0.29) is 0 Å². The van der Waals surface area contributed by atoms with Crippen molar-refractivity contribution in [3.05, 3.63) is 0 Å². The quantitative estimate of drug-likeness (QED) is 0.447. The summed E-state index contributed by atoms with van der Waals surface area (Å²) in [5.74, 6) is 0. The van der Waals surface area contributed by atoms with Gasteiger partial charge in [-0.2, -0.15) is 0 Å². The average Bonchev–Trinajstić information content (AvgIpc) is 1.65. The molecule has 0 aromatic heterocycles. The van der Waals surface area contributed by atoms with Crippen LogP contribution in [0.2, 0.25) is 0 Å². The predicted molar refractivity (Wildman–Crippen MR) is 32.5 cm³/mol. The molecule has 1 nitrogen and oxygen atoms in total. The molecule has 0 radical (unpaired) electrons. The van der Waals surface area contributed by atoms with Crippen LogP contribution in [0.4, 0.5) is 0 Å². The Labute approximate surface area is 65.0 Å². The third-order valence-electron chi connectivity index (χ3n) is 1.47. The Kier molecular flexibility index (Phi) is 2.32. The Morgan fingerprint density at radius 3 is 2.50 bits per heavy atom. The van der Waals surface area contributed by atoms with Gasteiger partial charge in [-0.15, -0.1) is 0 Å². The van der Waals surface area contributed by atoms with E-state index in [1.807, 2.05) is 0 Å². The number of ether oxygens (including phenoxy) is 1. The van der Waals surface area contributed by atoms with Crippen LogP contribution in [-0.2, 0) is 25.2 Å². The third kappa shape index (κ3) is 2.02. The first kappa shape index (κ1) is 7.00. The molecule has 0 saturated carbocycles. The van der Waals surface area contributed by atoms with Crippen molar-refractivity contribution in [3.8, 4) is 0 Å². The minimum absolute atomic E-state index is 0.318. The van der Waals surface area contributed by atoms with Gasteiger partial charge in [-0.05, 0) is 0 Å². The fourth-order valence-corrected chi connectivity index (χ4v) is 1.93. The van der Waals surface area contributed by atoms with E-state index in [1.54, 1.807) is 0 Å². The van der Waals surface area contributed by atoms with Gasteiger partial charge in [0.15, 0.2) is 0 Å². The average molecular weight is 163 g/mol. The number of hydrogen-bond acceptors (Lipinski definition) is 1. The van der Waals surface area contributed by atoms with E-state index in [1.165, 1.54) is 29.5 Å². The molecule has 1 aliphatic rings. The van der Waals surface area contributed by atoms with Crippen LogP contribution in [-0.4, -0.2) is 20.4 Å². The molecule has 0 bridgehead atoms. The molecule has 3 heteroatoms. The van der Waals surface area contributed by atoms with Crippen molar-refractivity contribution in [1.82, 2.24) is 0 Å². The topological polar surface area (TPSA) is 9.23 Å². The summed E-state index contributed by atoms with van der Waals surface area (Å²) in [4.78, 5) is 0. The molecule has 1 heterocycles. The second-order valence-electron chi connectivity index (χ2n) is 2.54. The van der Waals surface area contributed by atoms with Gasteiger partial charge in [0, 0.05) is 0 Å². The molecule has 1 unspecified atom stereocenters. The molecule has 0 aliphatic carbocycles. The molecule has 8 heavy (non-hydrogen) atoms. The molecule has 0 aromatic rings. The molecule has 0 amide bonds. The normalized spacial score (nSPS) is 39.9. The van der Waals surface area contributed by atoms with E-state index in [0.29, 0.717) is 3.53 Å². The number of hydrogen-bond donors (Lipinski definition) is 0. The van der Waals surface area contributed by atoms with Gasteiger partial charge >= 0.3 is 64.8 Å². The van der Waals surface area contributed by atoms with Gasteiger partial charge in [-0.25, -0.2) is 0 Å². The van der Waals surface area contributed by atoms with Crippen molar-refractivity contribution >= 4 is 10.2 Å². The second-order valence-corrected chi connectivity index (χ2v) is 7.36. The van der Waals surface area contributed by atoms with Crippen LogP contribution in [0.1, 0.15) is 19.3 Å². The Morgan fingerprint density at radius 2 is 2.25 bits per heavy atom. The van der Waals surface area contributed by atoms with E-state index in [4.69, 9.17) is 4.74 Å². The molecule has 1 fully saturated rings. The van der Waals surface area contributed by atoms with Crippen LogP contribution in [0.15, 0.2) is 0 Å². The van der Waals surface area contributed by atoms with Crippen LogP contribution >= 0.6 is 0 Å². The molecule has 0 aromatic carbocycles. The summed E-state index contributed by atoms with van der Waals surface area (Å²) in [5.41, 5.74) is 0. The van der Waals surface area contributed by atoms with Crippen molar-refractivity contribution in [2.75, 3.05) is 6.61 Å². The Bertz CT molecular complexity index is 76.5. The first-order chi connectivity index (χ1) is 3.71. The summed E-state index contributed by atoms with van der Waals surface area (Å²) in [6.45, 7) is 1.00. The van der Waals surface area contributed by atoms with Gasteiger partial charge < -0.3 is 0 Å². The molecular formula is C5H11OSiTi. The summed E-state index contributed by atoms with van der Waals surface area (Å²) in [7, 11) is 1.19. The summed E-state index contributed by atoms with van der Waals surface area (Å²) in [6.07, 6.45) is 3.94. The van der Waals surface area contributed by atoms with E-state index in [0.717, 1.165) is 6.61 Å². The molecule has 1 rings (SSSR count). The molecule has 0 spiro atoms. The summed E-state index contributed by atoms with van der Waals surface area (Å²) in [6, 6.07) is 0. The van der Waals surface area contributed by atoms with Crippen LogP contribution in [0.5, 0.6) is 0 Å². The Balaban J connectivity index is 2.33. The van der Waals surface area contributed by atoms with E-state index in [2.05, 4.69) is 20.4 Å². The van der Waals surface area contributed by atoms with Gasteiger partial charge in [-0.3, -0.25) is 0 Å². The van der Waals surface area contributed by atoms with Gasteiger partial charge in [0.1, 0.15) is 0 Å².